The normalized spacial score (nSPS) is 11.9. The smallest absolute Gasteiger partial charge is 0.126 e. The number of thiazole rings is 1. The van der Waals surface area contributed by atoms with Crippen molar-refractivity contribution in [2.45, 2.75) is 33.1 Å². The Balaban J connectivity index is 1.38. The third kappa shape index (κ3) is 5.57. The van der Waals surface area contributed by atoms with Gasteiger partial charge in [-0.2, -0.15) is 0 Å². The number of hydrogen-bond acceptors (Lipinski definition) is 4. The third-order valence-corrected chi connectivity index (χ3v) is 8.40. The zero-order chi connectivity index (χ0) is 28.6. The van der Waals surface area contributed by atoms with Gasteiger partial charge in [0.05, 0.1) is 15.9 Å². The summed E-state index contributed by atoms with van der Waals surface area (Å²) in [5, 5.41) is 11.4. The van der Waals surface area contributed by atoms with Crippen LogP contribution in [0.4, 0.5) is 5.69 Å². The van der Waals surface area contributed by atoms with Crippen molar-refractivity contribution in [2.75, 3.05) is 0 Å². The Morgan fingerprint density at radius 3 is 2.27 bits per heavy atom. The summed E-state index contributed by atoms with van der Waals surface area (Å²) in [5.74, 6) is 0.219. The van der Waals surface area contributed by atoms with E-state index in [1.54, 1.807) is 23.6 Å². The Morgan fingerprint density at radius 1 is 0.732 bits per heavy atom. The van der Waals surface area contributed by atoms with Gasteiger partial charge in [-0.15, -0.1) is 11.3 Å². The van der Waals surface area contributed by atoms with E-state index < -0.39 is 0 Å². The Bertz CT molecular complexity index is 1890. The van der Waals surface area contributed by atoms with Crippen molar-refractivity contribution in [3.63, 3.8) is 0 Å². The van der Waals surface area contributed by atoms with Crippen molar-refractivity contribution in [3.8, 4) is 38.6 Å². The van der Waals surface area contributed by atoms with Crippen molar-refractivity contribution in [3.05, 3.63) is 126 Å². The van der Waals surface area contributed by atoms with Gasteiger partial charge < -0.3 is 5.11 Å². The first-order valence-electron chi connectivity index (χ1n) is 13.8. The molecule has 0 saturated carbocycles. The topological polar surface area (TPSA) is 45.5 Å². The molecule has 0 spiro atoms. The molecule has 0 bridgehead atoms. The van der Waals surface area contributed by atoms with Gasteiger partial charge in [-0.1, -0.05) is 99.1 Å². The lowest BCUT2D eigenvalue weighted by molar-refractivity contribution is 0.473. The number of phenolic OH excluding ortho intramolecular Hbond substituents is 1. The Hall–Kier alpha value is -4.54. The summed E-state index contributed by atoms with van der Waals surface area (Å²) in [5.41, 5.74) is 10.5. The number of aryl methyl sites for hydroxylation is 1. The van der Waals surface area contributed by atoms with Crippen LogP contribution in [0.1, 0.15) is 37.5 Å². The first-order chi connectivity index (χ1) is 19.8. The fourth-order valence-electron chi connectivity index (χ4n) is 4.94. The molecule has 0 radical (unpaired) electrons. The van der Waals surface area contributed by atoms with Crippen molar-refractivity contribution >= 4 is 33.5 Å². The van der Waals surface area contributed by atoms with Gasteiger partial charge in [-0.05, 0) is 71.0 Å². The molecule has 0 aliphatic rings. The summed E-state index contributed by atoms with van der Waals surface area (Å²) < 4.78 is 1.13. The molecular formula is C37H32N2OS. The van der Waals surface area contributed by atoms with Crippen LogP contribution in [0.15, 0.2) is 114 Å². The number of fused-ring (bicyclic) bond motifs is 1. The molecule has 41 heavy (non-hydrogen) atoms. The molecule has 4 heteroatoms. The first-order valence-corrected chi connectivity index (χ1v) is 14.6. The van der Waals surface area contributed by atoms with Crippen LogP contribution in [-0.4, -0.2) is 16.3 Å². The molecule has 5 aromatic carbocycles. The number of nitrogens with zero attached hydrogens (tertiary/aromatic N) is 2. The second-order valence-electron chi connectivity index (χ2n) is 11.4. The summed E-state index contributed by atoms with van der Waals surface area (Å²) in [6.45, 7) is 8.60. The van der Waals surface area contributed by atoms with E-state index in [0.717, 1.165) is 43.2 Å². The lowest BCUT2D eigenvalue weighted by Gasteiger charge is -2.19. The molecule has 0 aliphatic carbocycles. The van der Waals surface area contributed by atoms with Gasteiger partial charge in [-0.3, -0.25) is 4.99 Å². The number of phenols is 1. The Kier molecular flexibility index (Phi) is 7.02. The SMILES string of the molecule is Cc1ccc(-c2cccc(-c3cccc4sc(-c5ccccc5N=Cc5cc(C(C)(C)C)ccc5O)nc34)c2)cc1. The van der Waals surface area contributed by atoms with Gasteiger partial charge in [-0.25, -0.2) is 4.98 Å². The molecule has 1 N–H and O–H groups in total. The van der Waals surface area contributed by atoms with Gasteiger partial charge in [0.25, 0.3) is 0 Å². The maximum absolute atomic E-state index is 10.5. The monoisotopic (exact) mass is 552 g/mol. The molecule has 0 amide bonds. The van der Waals surface area contributed by atoms with Gasteiger partial charge in [0.15, 0.2) is 0 Å². The van der Waals surface area contributed by atoms with E-state index in [0.29, 0.717) is 5.56 Å². The van der Waals surface area contributed by atoms with Gasteiger partial charge in [0, 0.05) is 22.9 Å². The predicted molar refractivity (Wildman–Crippen MR) is 175 cm³/mol. The summed E-state index contributed by atoms with van der Waals surface area (Å²) in [6.07, 6.45) is 1.75. The predicted octanol–water partition coefficient (Wildman–Crippen LogP) is 10.4. The highest BCUT2D eigenvalue weighted by Crippen LogP contribution is 2.40. The zero-order valence-corrected chi connectivity index (χ0v) is 24.5. The highest BCUT2D eigenvalue weighted by Gasteiger charge is 2.16. The highest BCUT2D eigenvalue weighted by atomic mass is 32.1. The second-order valence-corrected chi connectivity index (χ2v) is 12.4. The molecule has 6 rings (SSSR count). The Morgan fingerprint density at radius 2 is 1.46 bits per heavy atom. The zero-order valence-electron chi connectivity index (χ0n) is 23.7. The molecule has 0 atom stereocenters. The molecule has 202 valence electrons. The van der Waals surface area contributed by atoms with Crippen molar-refractivity contribution in [2.24, 2.45) is 4.99 Å². The minimum Gasteiger partial charge on any atom is -0.507 e. The van der Waals surface area contributed by atoms with Gasteiger partial charge in [0.2, 0.25) is 0 Å². The third-order valence-electron chi connectivity index (χ3n) is 7.35. The number of aromatic nitrogens is 1. The molecule has 1 aromatic heterocycles. The largest absolute Gasteiger partial charge is 0.507 e. The maximum Gasteiger partial charge on any atom is 0.126 e. The molecule has 6 aromatic rings. The second kappa shape index (κ2) is 10.8. The number of aliphatic imine (C=N–C) groups is 1. The van der Waals surface area contributed by atoms with E-state index in [-0.39, 0.29) is 11.2 Å². The summed E-state index contributed by atoms with van der Waals surface area (Å²) in [7, 11) is 0. The molecule has 0 fully saturated rings. The quantitative estimate of drug-likeness (QED) is 0.216. The Labute approximate surface area is 245 Å². The molecule has 0 saturated heterocycles. The van der Waals surface area contributed by atoms with Crippen molar-refractivity contribution in [1.29, 1.82) is 0 Å². The van der Waals surface area contributed by atoms with E-state index in [1.807, 2.05) is 30.3 Å². The standard InChI is InChI=1S/C37H32N2OS/c1-24-15-17-25(18-16-24)26-9-7-10-27(21-26)30-12-8-14-34-35(30)39-36(41-34)31-11-5-6-13-32(31)38-23-28-22-29(37(2,3)4)19-20-33(28)40/h5-23,40H,1-4H3. The van der Waals surface area contributed by atoms with Crippen LogP contribution in [0.2, 0.25) is 0 Å². The fraction of sp³-hybridized carbons (Fsp3) is 0.135. The lowest BCUT2D eigenvalue weighted by Crippen LogP contribution is -2.11. The minimum atomic E-state index is -0.0213. The van der Waals surface area contributed by atoms with Crippen molar-refractivity contribution in [1.82, 2.24) is 4.98 Å². The summed E-state index contributed by atoms with van der Waals surface area (Å²) in [4.78, 5) is 9.97. The minimum absolute atomic E-state index is 0.0213. The lowest BCUT2D eigenvalue weighted by atomic mass is 9.86. The van der Waals surface area contributed by atoms with E-state index in [1.165, 1.54) is 16.7 Å². The average molecular weight is 553 g/mol. The average Bonchev–Trinajstić information content (AvgIpc) is 3.41. The number of hydrogen-bond donors (Lipinski definition) is 1. The number of para-hydroxylation sites is 2. The first kappa shape index (κ1) is 26.7. The van der Waals surface area contributed by atoms with Gasteiger partial charge >= 0.3 is 0 Å². The van der Waals surface area contributed by atoms with E-state index in [9.17, 15) is 5.11 Å². The molecule has 3 nitrogen and oxygen atoms in total. The maximum atomic E-state index is 10.5. The molecule has 0 aliphatic heterocycles. The molecule has 0 unspecified atom stereocenters. The summed E-state index contributed by atoms with van der Waals surface area (Å²) in [6, 6.07) is 37.5. The number of benzene rings is 5. The molecular weight excluding hydrogens is 520 g/mol. The van der Waals surface area contributed by atoms with Crippen molar-refractivity contribution < 1.29 is 5.11 Å². The number of rotatable bonds is 5. The van der Waals surface area contributed by atoms with Crippen LogP contribution in [0, 0.1) is 6.92 Å². The van der Waals surface area contributed by atoms with E-state index >= 15 is 0 Å². The number of aromatic hydroxyl groups is 1. The molecule has 1 heterocycles. The fourth-order valence-corrected chi connectivity index (χ4v) is 5.97. The van der Waals surface area contributed by atoms with Crippen LogP contribution in [0.3, 0.4) is 0 Å². The highest BCUT2D eigenvalue weighted by molar-refractivity contribution is 7.21. The van der Waals surface area contributed by atoms with Crippen LogP contribution in [0.25, 0.3) is 43.0 Å². The van der Waals surface area contributed by atoms with Crippen LogP contribution >= 0.6 is 11.3 Å². The van der Waals surface area contributed by atoms with E-state index in [2.05, 4.69) is 100 Å². The van der Waals surface area contributed by atoms with Crippen LogP contribution in [-0.2, 0) is 5.41 Å². The van der Waals surface area contributed by atoms with Gasteiger partial charge in [0.1, 0.15) is 10.8 Å². The summed E-state index contributed by atoms with van der Waals surface area (Å²) >= 11 is 1.67. The van der Waals surface area contributed by atoms with Crippen LogP contribution < -0.4 is 0 Å². The van der Waals surface area contributed by atoms with Crippen LogP contribution in [0.5, 0.6) is 5.75 Å². The van der Waals surface area contributed by atoms with E-state index in [4.69, 9.17) is 9.98 Å².